The predicted octanol–water partition coefficient (Wildman–Crippen LogP) is 0.882. The standard InChI is InChI=1S/C12H15N3O4/c1-13(2)5-6-14-10-4-3-9(15(17)18)7-11(10)19-8-12(14)16/h3-4,7H,5-6,8H2,1-2H3. The van der Waals surface area contributed by atoms with Crippen molar-refractivity contribution in [3.63, 3.8) is 0 Å². The second kappa shape index (κ2) is 5.23. The van der Waals surface area contributed by atoms with E-state index in [0.29, 0.717) is 24.5 Å². The molecule has 7 heteroatoms. The van der Waals surface area contributed by atoms with Gasteiger partial charge in [0.2, 0.25) is 0 Å². The van der Waals surface area contributed by atoms with Crippen molar-refractivity contribution in [2.75, 3.05) is 38.7 Å². The molecule has 0 fully saturated rings. The lowest BCUT2D eigenvalue weighted by atomic mass is 10.2. The van der Waals surface area contributed by atoms with Crippen LogP contribution in [-0.2, 0) is 4.79 Å². The monoisotopic (exact) mass is 265 g/mol. The lowest BCUT2D eigenvalue weighted by Crippen LogP contribution is -2.42. The third kappa shape index (κ3) is 2.82. The molecule has 1 amide bonds. The van der Waals surface area contributed by atoms with Crippen LogP contribution in [0.2, 0.25) is 0 Å². The normalized spacial score (nSPS) is 14.3. The fraction of sp³-hybridized carbons (Fsp3) is 0.417. The number of amides is 1. The zero-order valence-corrected chi connectivity index (χ0v) is 10.8. The average Bonchev–Trinajstić information content (AvgIpc) is 2.36. The Bertz CT molecular complexity index is 516. The van der Waals surface area contributed by atoms with Gasteiger partial charge in [0.25, 0.3) is 11.6 Å². The van der Waals surface area contributed by atoms with Gasteiger partial charge in [0.05, 0.1) is 16.7 Å². The van der Waals surface area contributed by atoms with Crippen molar-refractivity contribution in [1.29, 1.82) is 0 Å². The summed E-state index contributed by atoms with van der Waals surface area (Å²) >= 11 is 0. The van der Waals surface area contributed by atoms with Crippen LogP contribution in [0.5, 0.6) is 5.75 Å². The molecule has 1 aromatic carbocycles. The van der Waals surface area contributed by atoms with Crippen molar-refractivity contribution >= 4 is 17.3 Å². The summed E-state index contributed by atoms with van der Waals surface area (Å²) in [6, 6.07) is 4.29. The van der Waals surface area contributed by atoms with Crippen LogP contribution in [0.15, 0.2) is 18.2 Å². The highest BCUT2D eigenvalue weighted by Gasteiger charge is 2.26. The molecule has 0 aromatic heterocycles. The number of nitro groups is 1. The van der Waals surface area contributed by atoms with E-state index in [2.05, 4.69) is 0 Å². The summed E-state index contributed by atoms with van der Waals surface area (Å²) in [6.07, 6.45) is 0. The van der Waals surface area contributed by atoms with Gasteiger partial charge in [-0.2, -0.15) is 0 Å². The van der Waals surface area contributed by atoms with Gasteiger partial charge in [0.1, 0.15) is 0 Å². The Morgan fingerprint density at radius 2 is 2.21 bits per heavy atom. The summed E-state index contributed by atoms with van der Waals surface area (Å²) in [7, 11) is 3.84. The Kier molecular flexibility index (Phi) is 3.66. The number of hydrogen-bond donors (Lipinski definition) is 0. The Hall–Kier alpha value is -2.15. The smallest absolute Gasteiger partial charge is 0.273 e. The summed E-state index contributed by atoms with van der Waals surface area (Å²) in [5.74, 6) is 0.246. The van der Waals surface area contributed by atoms with E-state index < -0.39 is 4.92 Å². The van der Waals surface area contributed by atoms with Crippen LogP contribution in [0.25, 0.3) is 0 Å². The number of non-ortho nitro benzene ring substituents is 1. The van der Waals surface area contributed by atoms with Crippen LogP contribution < -0.4 is 9.64 Å². The highest BCUT2D eigenvalue weighted by molar-refractivity contribution is 5.98. The molecular weight excluding hydrogens is 250 g/mol. The maximum Gasteiger partial charge on any atom is 0.273 e. The Labute approximate surface area is 110 Å². The molecule has 0 aliphatic carbocycles. The van der Waals surface area contributed by atoms with Gasteiger partial charge in [-0.1, -0.05) is 0 Å². The summed E-state index contributed by atoms with van der Waals surface area (Å²) in [5, 5.41) is 10.7. The molecule has 2 rings (SSSR count). The number of ether oxygens (including phenoxy) is 1. The van der Waals surface area contributed by atoms with Gasteiger partial charge in [-0.15, -0.1) is 0 Å². The minimum Gasteiger partial charge on any atom is -0.481 e. The van der Waals surface area contributed by atoms with Crippen LogP contribution in [0.4, 0.5) is 11.4 Å². The Morgan fingerprint density at radius 3 is 2.84 bits per heavy atom. The summed E-state index contributed by atoms with van der Waals surface area (Å²) < 4.78 is 5.25. The topological polar surface area (TPSA) is 75.9 Å². The summed E-state index contributed by atoms with van der Waals surface area (Å²) in [4.78, 5) is 25.6. The SMILES string of the molecule is CN(C)CCN1C(=O)COc2cc([N+](=O)[O-])ccc21. The van der Waals surface area contributed by atoms with E-state index in [-0.39, 0.29) is 18.2 Å². The molecule has 0 unspecified atom stereocenters. The second-order valence-corrected chi connectivity index (χ2v) is 4.55. The van der Waals surface area contributed by atoms with E-state index >= 15 is 0 Å². The molecule has 0 saturated carbocycles. The molecule has 0 radical (unpaired) electrons. The number of rotatable bonds is 4. The largest absolute Gasteiger partial charge is 0.481 e. The third-order valence-electron chi connectivity index (χ3n) is 2.87. The van der Waals surface area contributed by atoms with Gasteiger partial charge in [-0.25, -0.2) is 0 Å². The van der Waals surface area contributed by atoms with Gasteiger partial charge in [-0.05, 0) is 20.2 Å². The first-order valence-corrected chi connectivity index (χ1v) is 5.85. The van der Waals surface area contributed by atoms with Crippen molar-refractivity contribution in [1.82, 2.24) is 4.90 Å². The first-order chi connectivity index (χ1) is 8.99. The number of nitro benzene ring substituents is 1. The van der Waals surface area contributed by atoms with Crippen LogP contribution in [0.3, 0.4) is 0 Å². The number of fused-ring (bicyclic) bond motifs is 1. The van der Waals surface area contributed by atoms with Crippen molar-refractivity contribution < 1.29 is 14.5 Å². The molecule has 1 aliphatic rings. The molecule has 1 heterocycles. The minimum atomic E-state index is -0.482. The number of likely N-dealkylation sites (N-methyl/N-ethyl adjacent to an activating group) is 1. The second-order valence-electron chi connectivity index (χ2n) is 4.55. The molecule has 0 saturated heterocycles. The first-order valence-electron chi connectivity index (χ1n) is 5.85. The van der Waals surface area contributed by atoms with E-state index in [4.69, 9.17) is 4.74 Å². The molecule has 0 atom stereocenters. The summed E-state index contributed by atoms with van der Waals surface area (Å²) in [6.45, 7) is 1.16. The molecule has 0 spiro atoms. The third-order valence-corrected chi connectivity index (χ3v) is 2.87. The van der Waals surface area contributed by atoms with Crippen LogP contribution >= 0.6 is 0 Å². The number of nitrogens with zero attached hydrogens (tertiary/aromatic N) is 3. The van der Waals surface area contributed by atoms with Crippen LogP contribution in [-0.4, -0.2) is 49.5 Å². The zero-order valence-electron chi connectivity index (χ0n) is 10.8. The van der Waals surface area contributed by atoms with Crippen LogP contribution in [0.1, 0.15) is 0 Å². The number of hydrogen-bond acceptors (Lipinski definition) is 5. The fourth-order valence-corrected chi connectivity index (χ4v) is 1.85. The Morgan fingerprint density at radius 1 is 1.47 bits per heavy atom. The average molecular weight is 265 g/mol. The van der Waals surface area contributed by atoms with Crippen molar-refractivity contribution in [2.24, 2.45) is 0 Å². The molecular formula is C12H15N3O4. The Balaban J connectivity index is 2.28. The number of benzene rings is 1. The molecule has 7 nitrogen and oxygen atoms in total. The molecule has 1 aliphatic heterocycles. The molecule has 0 N–H and O–H groups in total. The van der Waals surface area contributed by atoms with E-state index in [0.717, 1.165) is 0 Å². The predicted molar refractivity (Wildman–Crippen MR) is 69.5 cm³/mol. The lowest BCUT2D eigenvalue weighted by molar-refractivity contribution is -0.384. The maximum atomic E-state index is 11.8. The lowest BCUT2D eigenvalue weighted by Gasteiger charge is -2.30. The van der Waals surface area contributed by atoms with E-state index in [1.807, 2.05) is 19.0 Å². The number of carbonyl (C=O) groups excluding carboxylic acids is 1. The van der Waals surface area contributed by atoms with Crippen LogP contribution in [0, 0.1) is 10.1 Å². The van der Waals surface area contributed by atoms with Crippen molar-refractivity contribution in [2.45, 2.75) is 0 Å². The van der Waals surface area contributed by atoms with Crippen molar-refractivity contribution in [3.8, 4) is 5.75 Å². The van der Waals surface area contributed by atoms with E-state index in [1.165, 1.54) is 12.1 Å². The van der Waals surface area contributed by atoms with E-state index in [9.17, 15) is 14.9 Å². The highest BCUT2D eigenvalue weighted by atomic mass is 16.6. The van der Waals surface area contributed by atoms with Gasteiger partial charge in [-0.3, -0.25) is 14.9 Å². The minimum absolute atomic E-state index is 0.0411. The van der Waals surface area contributed by atoms with Gasteiger partial charge < -0.3 is 14.5 Å². The summed E-state index contributed by atoms with van der Waals surface area (Å²) in [5.41, 5.74) is 0.546. The quantitative estimate of drug-likeness (QED) is 0.596. The van der Waals surface area contributed by atoms with Gasteiger partial charge >= 0.3 is 0 Å². The molecule has 102 valence electrons. The molecule has 0 bridgehead atoms. The van der Waals surface area contributed by atoms with Crippen molar-refractivity contribution in [3.05, 3.63) is 28.3 Å². The fourth-order valence-electron chi connectivity index (χ4n) is 1.85. The van der Waals surface area contributed by atoms with Gasteiger partial charge in [0, 0.05) is 19.2 Å². The maximum absolute atomic E-state index is 11.8. The van der Waals surface area contributed by atoms with Gasteiger partial charge in [0.15, 0.2) is 12.4 Å². The highest BCUT2D eigenvalue weighted by Crippen LogP contribution is 2.34. The zero-order chi connectivity index (χ0) is 14.0. The number of anilines is 1. The first kappa shape index (κ1) is 13.3. The van der Waals surface area contributed by atoms with E-state index in [1.54, 1.807) is 11.0 Å². The molecule has 1 aromatic rings. The number of carbonyl (C=O) groups is 1. The molecule has 19 heavy (non-hydrogen) atoms.